The Morgan fingerprint density at radius 2 is 1.92 bits per heavy atom. The molecule has 0 unspecified atom stereocenters. The van der Waals surface area contributed by atoms with Crippen LogP contribution >= 0.6 is 0 Å². The van der Waals surface area contributed by atoms with Gasteiger partial charge in [-0.1, -0.05) is 0 Å². The van der Waals surface area contributed by atoms with E-state index in [-0.39, 0.29) is 18.5 Å². The van der Waals surface area contributed by atoms with E-state index in [1.165, 1.54) is 0 Å². The van der Waals surface area contributed by atoms with Crippen molar-refractivity contribution in [3.05, 3.63) is 0 Å². The molecule has 0 atom stereocenters. The van der Waals surface area contributed by atoms with Gasteiger partial charge in [0.2, 0.25) is 0 Å². The predicted octanol–water partition coefficient (Wildman–Crippen LogP) is 1.36. The van der Waals surface area contributed by atoms with E-state index in [2.05, 4.69) is 0 Å². The molecule has 2 rings (SSSR count). The maximum atomic E-state index is 12.5. The third-order valence-electron chi connectivity index (χ3n) is 2.88. The van der Waals surface area contributed by atoms with Gasteiger partial charge in [-0.3, -0.25) is 4.90 Å². The molecule has 4 heteroatoms. The highest BCUT2D eigenvalue weighted by molar-refractivity contribution is 4.99. The molecule has 1 heterocycles. The molecule has 0 aromatic rings. The van der Waals surface area contributed by atoms with Crippen LogP contribution in [0.5, 0.6) is 0 Å². The van der Waals surface area contributed by atoms with Gasteiger partial charge in [-0.25, -0.2) is 8.78 Å². The minimum absolute atomic E-state index is 0.0571. The number of hydrogen-bond acceptors (Lipinski definition) is 2. The Labute approximate surface area is 76.9 Å². The summed E-state index contributed by atoms with van der Waals surface area (Å²) in [6.07, 6.45) is 2.26. The molecular formula is C9H15F2NO. The molecule has 0 radical (unpaired) electrons. The summed E-state index contributed by atoms with van der Waals surface area (Å²) in [6.45, 7) is 1.39. The second-order valence-electron chi connectivity index (χ2n) is 4.43. The van der Waals surface area contributed by atoms with Crippen molar-refractivity contribution in [1.29, 1.82) is 0 Å². The molecule has 0 aromatic carbocycles. The van der Waals surface area contributed by atoms with E-state index in [9.17, 15) is 8.78 Å². The highest BCUT2D eigenvalue weighted by Crippen LogP contribution is 2.47. The average molecular weight is 191 g/mol. The molecule has 1 aliphatic carbocycles. The van der Waals surface area contributed by atoms with Crippen LogP contribution in [-0.4, -0.2) is 44.2 Å². The number of halogens is 2. The van der Waals surface area contributed by atoms with Gasteiger partial charge in [-0.2, -0.15) is 0 Å². The molecule has 0 amide bonds. The Morgan fingerprint density at radius 3 is 2.31 bits per heavy atom. The number of nitrogens with zero attached hydrogens (tertiary/aromatic N) is 1. The maximum Gasteiger partial charge on any atom is 0.272 e. The number of methoxy groups -OCH3 is 1. The molecule has 1 saturated carbocycles. The molecule has 1 saturated heterocycles. The zero-order valence-electron chi connectivity index (χ0n) is 7.85. The van der Waals surface area contributed by atoms with Gasteiger partial charge in [-0.15, -0.1) is 0 Å². The van der Waals surface area contributed by atoms with Gasteiger partial charge in [0, 0.05) is 19.1 Å². The fourth-order valence-corrected chi connectivity index (χ4v) is 2.03. The van der Waals surface area contributed by atoms with Gasteiger partial charge >= 0.3 is 0 Å². The zero-order valence-corrected chi connectivity index (χ0v) is 7.85. The summed E-state index contributed by atoms with van der Waals surface area (Å²) in [7, 11) is 1.67. The van der Waals surface area contributed by atoms with Crippen molar-refractivity contribution in [1.82, 2.24) is 4.90 Å². The van der Waals surface area contributed by atoms with E-state index in [1.54, 1.807) is 7.11 Å². The number of alkyl halides is 2. The Bertz CT molecular complexity index is 196. The molecular weight excluding hydrogens is 176 g/mol. The molecule has 0 N–H and O–H groups in total. The van der Waals surface area contributed by atoms with Gasteiger partial charge < -0.3 is 4.74 Å². The first-order valence-electron chi connectivity index (χ1n) is 4.64. The third-order valence-corrected chi connectivity index (χ3v) is 2.88. The first kappa shape index (κ1) is 9.34. The van der Waals surface area contributed by atoms with Crippen LogP contribution in [0, 0.1) is 5.41 Å². The van der Waals surface area contributed by atoms with Crippen molar-refractivity contribution in [3.8, 4) is 0 Å². The lowest BCUT2D eigenvalue weighted by atomic mass is 10.0. The van der Waals surface area contributed by atoms with Crippen LogP contribution in [0.3, 0.4) is 0 Å². The topological polar surface area (TPSA) is 12.5 Å². The number of likely N-dealkylation sites (tertiary alicyclic amines) is 1. The lowest BCUT2D eigenvalue weighted by Crippen LogP contribution is -2.57. The summed E-state index contributed by atoms with van der Waals surface area (Å²) < 4.78 is 30.1. The molecule has 0 aromatic heterocycles. The number of ether oxygens (including phenoxy) is 1. The van der Waals surface area contributed by atoms with Crippen molar-refractivity contribution in [2.45, 2.75) is 18.8 Å². The average Bonchev–Trinajstić information content (AvgIpc) is 2.66. The molecule has 0 bridgehead atoms. The van der Waals surface area contributed by atoms with Crippen LogP contribution < -0.4 is 0 Å². The normalized spacial score (nSPS) is 29.8. The van der Waals surface area contributed by atoms with E-state index < -0.39 is 5.92 Å². The second kappa shape index (κ2) is 2.89. The Balaban J connectivity index is 1.74. The van der Waals surface area contributed by atoms with Crippen LogP contribution in [0.1, 0.15) is 12.8 Å². The summed E-state index contributed by atoms with van der Waals surface area (Å²) in [5.74, 6) is -2.43. The number of rotatable bonds is 4. The van der Waals surface area contributed by atoms with Gasteiger partial charge in [0.25, 0.3) is 5.92 Å². The molecule has 2 nitrogen and oxygen atoms in total. The molecule has 13 heavy (non-hydrogen) atoms. The summed E-state index contributed by atoms with van der Waals surface area (Å²) in [4.78, 5) is 1.83. The molecule has 76 valence electrons. The minimum Gasteiger partial charge on any atom is -0.384 e. The fraction of sp³-hybridized carbons (Fsp3) is 1.00. The predicted molar refractivity (Wildman–Crippen MR) is 44.9 cm³/mol. The third kappa shape index (κ3) is 1.99. The molecule has 1 aliphatic heterocycles. The van der Waals surface area contributed by atoms with E-state index >= 15 is 0 Å². The highest BCUT2D eigenvalue weighted by atomic mass is 19.3. The zero-order chi connectivity index (χ0) is 9.53. The summed E-state index contributed by atoms with van der Waals surface area (Å²) in [5, 5.41) is 0. The van der Waals surface area contributed by atoms with Crippen LogP contribution in [0.25, 0.3) is 0 Å². The second-order valence-corrected chi connectivity index (χ2v) is 4.43. The summed E-state index contributed by atoms with van der Waals surface area (Å²) >= 11 is 0. The summed E-state index contributed by atoms with van der Waals surface area (Å²) in [5.41, 5.74) is 0.214. The first-order valence-corrected chi connectivity index (χ1v) is 4.64. The van der Waals surface area contributed by atoms with Crippen LogP contribution in [-0.2, 0) is 4.74 Å². The highest BCUT2D eigenvalue weighted by Gasteiger charge is 2.50. The largest absolute Gasteiger partial charge is 0.384 e. The first-order chi connectivity index (χ1) is 6.05. The molecule has 2 aliphatic rings. The van der Waals surface area contributed by atoms with E-state index in [0.29, 0.717) is 0 Å². The smallest absolute Gasteiger partial charge is 0.272 e. The Morgan fingerprint density at radius 1 is 1.31 bits per heavy atom. The Kier molecular flexibility index (Phi) is 2.07. The van der Waals surface area contributed by atoms with Crippen LogP contribution in [0.2, 0.25) is 0 Å². The van der Waals surface area contributed by atoms with Crippen LogP contribution in [0.4, 0.5) is 8.78 Å². The minimum atomic E-state index is -2.43. The van der Waals surface area contributed by atoms with E-state index in [1.807, 2.05) is 4.90 Å². The lowest BCUT2D eigenvalue weighted by Gasteiger charge is -2.40. The molecule has 0 spiro atoms. The fourth-order valence-electron chi connectivity index (χ4n) is 2.03. The van der Waals surface area contributed by atoms with Crippen molar-refractivity contribution < 1.29 is 13.5 Å². The lowest BCUT2D eigenvalue weighted by molar-refractivity contribution is -0.137. The molecule has 2 fully saturated rings. The monoisotopic (exact) mass is 191 g/mol. The van der Waals surface area contributed by atoms with E-state index in [4.69, 9.17) is 4.74 Å². The van der Waals surface area contributed by atoms with Crippen molar-refractivity contribution in [2.24, 2.45) is 5.41 Å². The maximum absolute atomic E-state index is 12.5. The SMILES string of the molecule is COCC1(CN2CC(F)(F)C2)CC1. The van der Waals surface area contributed by atoms with Gasteiger partial charge in [-0.05, 0) is 12.8 Å². The van der Waals surface area contributed by atoms with E-state index in [0.717, 1.165) is 26.0 Å². The van der Waals surface area contributed by atoms with Gasteiger partial charge in [0.1, 0.15) is 0 Å². The quantitative estimate of drug-likeness (QED) is 0.665. The number of hydrogen-bond donors (Lipinski definition) is 0. The Hall–Kier alpha value is -0.220. The van der Waals surface area contributed by atoms with Crippen LogP contribution in [0.15, 0.2) is 0 Å². The van der Waals surface area contributed by atoms with Crippen molar-refractivity contribution in [2.75, 3.05) is 33.4 Å². The van der Waals surface area contributed by atoms with Gasteiger partial charge in [0.15, 0.2) is 0 Å². The van der Waals surface area contributed by atoms with Gasteiger partial charge in [0.05, 0.1) is 19.7 Å². The van der Waals surface area contributed by atoms with Crippen molar-refractivity contribution >= 4 is 0 Å². The van der Waals surface area contributed by atoms with Crippen molar-refractivity contribution in [3.63, 3.8) is 0 Å². The standard InChI is InChI=1S/C9H15F2NO/c1-13-7-8(2-3-8)4-12-5-9(10,11)6-12/h2-7H2,1H3. The summed E-state index contributed by atoms with van der Waals surface area (Å²) in [6, 6.07) is 0.